The zero-order chi connectivity index (χ0) is 29.8. The molecule has 0 spiro atoms. The molecular formula is C32H33ClFN7O2. The molecule has 0 unspecified atom stereocenters. The summed E-state index contributed by atoms with van der Waals surface area (Å²) >= 11 is 6.09. The number of hydrogen-bond donors (Lipinski definition) is 2. The third-order valence-electron chi connectivity index (χ3n) is 8.14. The third-order valence-corrected chi connectivity index (χ3v) is 8.39. The summed E-state index contributed by atoms with van der Waals surface area (Å²) < 4.78 is 15.5. The lowest BCUT2D eigenvalue weighted by atomic mass is 9.95. The highest BCUT2D eigenvalue weighted by molar-refractivity contribution is 6.30. The van der Waals surface area contributed by atoms with Crippen molar-refractivity contribution in [3.05, 3.63) is 112 Å². The van der Waals surface area contributed by atoms with Gasteiger partial charge in [-0.25, -0.2) is 14.1 Å². The van der Waals surface area contributed by atoms with Gasteiger partial charge in [-0.05, 0) is 59.0 Å². The molecule has 2 amide bonds. The van der Waals surface area contributed by atoms with Gasteiger partial charge in [0, 0.05) is 49.9 Å². The lowest BCUT2D eigenvalue weighted by molar-refractivity contribution is -0.137. The van der Waals surface area contributed by atoms with E-state index in [0.717, 1.165) is 27.9 Å². The number of para-hydroxylation sites is 1. The highest BCUT2D eigenvalue weighted by Gasteiger charge is 2.32. The standard InChI is InChI=1S/C32H33ClFN7O2/c33-26-8-5-22(6-9-26)15-29(38-31(42)28-17-23-7-10-27(34)16-25(23)18-36-28)32(43)40-13-11-39(12-14-40)30-4-2-1-3-24(30)19-41-21-35-20-37-41/h1-10,16,20-21,28-29,36H,11-15,17-19H2,(H,38,42)/t28-,29-/m1/s1. The number of amides is 2. The average molecular weight is 602 g/mol. The molecule has 0 saturated carbocycles. The van der Waals surface area contributed by atoms with Gasteiger partial charge in [0.25, 0.3) is 0 Å². The van der Waals surface area contributed by atoms with E-state index in [1.54, 1.807) is 29.2 Å². The van der Waals surface area contributed by atoms with Crippen LogP contribution >= 0.6 is 11.6 Å². The normalized spacial score (nSPS) is 17.3. The molecule has 0 radical (unpaired) electrons. The summed E-state index contributed by atoms with van der Waals surface area (Å²) in [6.07, 6.45) is 3.99. The first-order valence-corrected chi connectivity index (χ1v) is 14.8. The first-order chi connectivity index (χ1) is 20.9. The van der Waals surface area contributed by atoms with E-state index in [2.05, 4.69) is 37.7 Å². The van der Waals surface area contributed by atoms with Crippen molar-refractivity contribution >= 4 is 29.1 Å². The van der Waals surface area contributed by atoms with Crippen LogP contribution in [0.3, 0.4) is 0 Å². The zero-order valence-electron chi connectivity index (χ0n) is 23.6. The summed E-state index contributed by atoms with van der Waals surface area (Å²) in [5.74, 6) is -0.657. The second kappa shape index (κ2) is 12.9. The lowest BCUT2D eigenvalue weighted by Gasteiger charge is -2.38. The quantitative estimate of drug-likeness (QED) is 0.322. The van der Waals surface area contributed by atoms with Crippen LogP contribution in [0.4, 0.5) is 10.1 Å². The van der Waals surface area contributed by atoms with Crippen molar-refractivity contribution < 1.29 is 14.0 Å². The van der Waals surface area contributed by atoms with Gasteiger partial charge in [0.1, 0.15) is 24.5 Å². The van der Waals surface area contributed by atoms with E-state index in [-0.39, 0.29) is 17.6 Å². The van der Waals surface area contributed by atoms with Crippen molar-refractivity contribution in [1.29, 1.82) is 0 Å². The molecule has 2 N–H and O–H groups in total. The van der Waals surface area contributed by atoms with Crippen LogP contribution in [0.5, 0.6) is 0 Å². The fraction of sp³-hybridized carbons (Fsp3) is 0.312. The number of benzene rings is 3. The van der Waals surface area contributed by atoms with Gasteiger partial charge in [-0.15, -0.1) is 0 Å². The Morgan fingerprint density at radius 2 is 1.81 bits per heavy atom. The van der Waals surface area contributed by atoms with E-state index in [0.29, 0.717) is 57.1 Å². The van der Waals surface area contributed by atoms with Crippen LogP contribution in [-0.4, -0.2) is 69.7 Å². The Balaban J connectivity index is 1.14. The number of anilines is 1. The lowest BCUT2D eigenvalue weighted by Crippen LogP contribution is -2.58. The molecule has 4 aromatic rings. The van der Waals surface area contributed by atoms with Crippen LogP contribution in [0, 0.1) is 5.82 Å². The topological polar surface area (TPSA) is 95.4 Å². The number of nitrogens with one attached hydrogen (secondary N) is 2. The van der Waals surface area contributed by atoms with Crippen molar-refractivity contribution in [3.8, 4) is 0 Å². The minimum Gasteiger partial charge on any atom is -0.368 e. The van der Waals surface area contributed by atoms with Crippen LogP contribution in [0.2, 0.25) is 5.02 Å². The number of aromatic nitrogens is 3. The molecule has 6 rings (SSSR count). The van der Waals surface area contributed by atoms with Gasteiger partial charge in [-0.3, -0.25) is 9.59 Å². The Hall–Kier alpha value is -4.28. The first kappa shape index (κ1) is 28.8. The van der Waals surface area contributed by atoms with Crippen molar-refractivity contribution in [2.75, 3.05) is 31.1 Å². The maximum absolute atomic E-state index is 13.9. The van der Waals surface area contributed by atoms with Gasteiger partial charge in [0.15, 0.2) is 0 Å². The molecule has 1 aromatic heterocycles. The Morgan fingerprint density at radius 3 is 2.58 bits per heavy atom. The second-order valence-electron chi connectivity index (χ2n) is 11.0. The SMILES string of the molecule is O=C(N[C@H](Cc1ccc(Cl)cc1)C(=O)N1CCN(c2ccccc2Cn2cncn2)CC1)[C@H]1Cc2ccc(F)cc2CN1. The molecule has 1 fully saturated rings. The first-order valence-electron chi connectivity index (χ1n) is 14.4. The molecular weight excluding hydrogens is 569 g/mol. The number of halogens is 2. The predicted molar refractivity (Wildman–Crippen MR) is 162 cm³/mol. The zero-order valence-corrected chi connectivity index (χ0v) is 24.4. The second-order valence-corrected chi connectivity index (χ2v) is 11.4. The van der Waals surface area contributed by atoms with Crippen molar-refractivity contribution in [2.24, 2.45) is 0 Å². The third kappa shape index (κ3) is 6.87. The fourth-order valence-corrected chi connectivity index (χ4v) is 5.95. The monoisotopic (exact) mass is 601 g/mol. The summed E-state index contributed by atoms with van der Waals surface area (Å²) in [7, 11) is 0. The molecule has 1 saturated heterocycles. The number of rotatable bonds is 8. The maximum Gasteiger partial charge on any atom is 0.245 e. The van der Waals surface area contributed by atoms with Gasteiger partial charge >= 0.3 is 0 Å². The summed E-state index contributed by atoms with van der Waals surface area (Å²) in [5.41, 5.74) is 4.92. The van der Waals surface area contributed by atoms with E-state index in [1.165, 1.54) is 18.5 Å². The van der Waals surface area contributed by atoms with Crippen molar-refractivity contribution in [2.45, 2.75) is 38.0 Å². The molecule has 11 heteroatoms. The van der Waals surface area contributed by atoms with E-state index in [1.807, 2.05) is 29.2 Å². The highest BCUT2D eigenvalue weighted by atomic mass is 35.5. The minimum atomic E-state index is -0.740. The molecule has 2 atom stereocenters. The number of carbonyl (C=O) groups excluding carboxylic acids is 2. The molecule has 2 aliphatic heterocycles. The van der Waals surface area contributed by atoms with Gasteiger partial charge < -0.3 is 20.4 Å². The molecule has 222 valence electrons. The van der Waals surface area contributed by atoms with Crippen molar-refractivity contribution in [3.63, 3.8) is 0 Å². The Bertz CT molecular complexity index is 1570. The molecule has 43 heavy (non-hydrogen) atoms. The number of hydrogen-bond acceptors (Lipinski definition) is 6. The highest BCUT2D eigenvalue weighted by Crippen LogP contribution is 2.24. The molecule has 9 nitrogen and oxygen atoms in total. The number of piperazine rings is 1. The fourth-order valence-electron chi connectivity index (χ4n) is 5.83. The molecule has 0 bridgehead atoms. The molecule has 3 heterocycles. The maximum atomic E-state index is 13.9. The Labute approximate surface area is 254 Å². The minimum absolute atomic E-state index is 0.114. The van der Waals surface area contributed by atoms with E-state index >= 15 is 0 Å². The Morgan fingerprint density at radius 1 is 1.02 bits per heavy atom. The number of carbonyl (C=O) groups is 2. The van der Waals surface area contributed by atoms with Crippen molar-refractivity contribution in [1.82, 2.24) is 30.3 Å². The Kier molecular flexibility index (Phi) is 8.67. The largest absolute Gasteiger partial charge is 0.368 e. The molecule has 2 aliphatic rings. The summed E-state index contributed by atoms with van der Waals surface area (Å²) in [6, 6.07) is 18.9. The average Bonchev–Trinajstić information content (AvgIpc) is 3.54. The number of fused-ring (bicyclic) bond motifs is 1. The smallest absolute Gasteiger partial charge is 0.245 e. The number of nitrogens with zero attached hydrogens (tertiary/aromatic N) is 5. The summed E-state index contributed by atoms with van der Waals surface area (Å²) in [4.78, 5) is 35.6. The summed E-state index contributed by atoms with van der Waals surface area (Å²) in [6.45, 7) is 3.40. The van der Waals surface area contributed by atoms with Crippen LogP contribution in [0.1, 0.15) is 22.3 Å². The van der Waals surface area contributed by atoms with E-state index < -0.39 is 12.1 Å². The van der Waals surface area contributed by atoms with Crippen LogP contribution in [0.15, 0.2) is 79.4 Å². The van der Waals surface area contributed by atoms with Crippen LogP contribution in [-0.2, 0) is 35.5 Å². The molecule has 3 aromatic carbocycles. The molecule has 0 aliphatic carbocycles. The van der Waals surface area contributed by atoms with Gasteiger partial charge in [-0.1, -0.05) is 48.0 Å². The van der Waals surface area contributed by atoms with Gasteiger partial charge in [0.05, 0.1) is 12.6 Å². The van der Waals surface area contributed by atoms with Gasteiger partial charge in [-0.2, -0.15) is 5.10 Å². The van der Waals surface area contributed by atoms with E-state index in [4.69, 9.17) is 11.6 Å². The van der Waals surface area contributed by atoms with Crippen LogP contribution in [0.25, 0.3) is 0 Å². The predicted octanol–water partition coefficient (Wildman–Crippen LogP) is 3.21. The van der Waals surface area contributed by atoms with Crippen LogP contribution < -0.4 is 15.5 Å². The van der Waals surface area contributed by atoms with Gasteiger partial charge in [0.2, 0.25) is 11.8 Å². The summed E-state index contributed by atoms with van der Waals surface area (Å²) in [5, 5.41) is 11.1. The van der Waals surface area contributed by atoms with E-state index in [9.17, 15) is 14.0 Å².